The molecule has 0 saturated heterocycles. The first-order chi connectivity index (χ1) is 28.7. The maximum absolute atomic E-state index is 6.75. The number of rotatable bonds is 7. The van der Waals surface area contributed by atoms with Crippen molar-refractivity contribution < 1.29 is 4.74 Å². The van der Waals surface area contributed by atoms with Crippen LogP contribution in [0.3, 0.4) is 0 Å². The fourth-order valence-corrected chi connectivity index (χ4v) is 11.7. The van der Waals surface area contributed by atoms with Gasteiger partial charge in [-0.25, -0.2) is 0 Å². The van der Waals surface area contributed by atoms with Gasteiger partial charge < -0.3 is 9.64 Å². The average Bonchev–Trinajstić information content (AvgIpc) is 3.68. The first-order valence-electron chi connectivity index (χ1n) is 22.7. The van der Waals surface area contributed by atoms with Gasteiger partial charge in [0.2, 0.25) is 0 Å². The molecule has 0 fully saturated rings. The van der Waals surface area contributed by atoms with Crippen LogP contribution in [0, 0.1) is 23.7 Å². The van der Waals surface area contributed by atoms with E-state index in [4.69, 9.17) is 4.74 Å². The van der Waals surface area contributed by atoms with E-state index in [0.717, 1.165) is 57.8 Å². The zero-order valence-corrected chi connectivity index (χ0v) is 34.0. The first kappa shape index (κ1) is 36.0. The van der Waals surface area contributed by atoms with Crippen molar-refractivity contribution in [2.75, 3.05) is 0 Å². The predicted octanol–water partition coefficient (Wildman–Crippen LogP) is 13.8. The molecule has 0 N–H and O–H groups in total. The number of hydrogen-bond acceptors (Lipinski definition) is 2. The van der Waals surface area contributed by atoms with Crippen LogP contribution in [0.5, 0.6) is 0 Å². The molecule has 6 atom stereocenters. The minimum atomic E-state index is 0.129. The van der Waals surface area contributed by atoms with E-state index in [-0.39, 0.29) is 6.10 Å². The van der Waals surface area contributed by atoms with Crippen LogP contribution >= 0.6 is 0 Å². The van der Waals surface area contributed by atoms with Crippen LogP contribution < -0.4 is 0 Å². The second-order valence-corrected chi connectivity index (χ2v) is 18.0. The van der Waals surface area contributed by atoms with Gasteiger partial charge in [-0.15, -0.1) is 0 Å². The molecule has 11 aliphatic rings. The van der Waals surface area contributed by atoms with Crippen molar-refractivity contribution >= 4 is 0 Å². The highest BCUT2D eigenvalue weighted by Crippen LogP contribution is 2.49. The summed E-state index contributed by atoms with van der Waals surface area (Å²) in [4.78, 5) is 2.74. The SMILES string of the molecule is C1=CCCC(C2=CC=CCC2C2=CCC(N(C3=CCC(C4=CC5C6=C(OC5C=C4)C(C4C=CC=CC4)=CCC6)C=C3)C3=CC4=C(CC3)C3=C(C=CCC3)CC4)C=C2)=C1. The number of fused-ring (bicyclic) bond motifs is 3. The average molecular weight is 760 g/mol. The molecule has 0 saturated carbocycles. The molecule has 0 aromatic carbocycles. The van der Waals surface area contributed by atoms with Gasteiger partial charge in [0.05, 0.1) is 6.04 Å². The molecule has 0 spiro atoms. The smallest absolute Gasteiger partial charge is 0.127 e. The van der Waals surface area contributed by atoms with Crippen molar-refractivity contribution in [2.24, 2.45) is 23.7 Å². The Balaban J connectivity index is 0.862. The molecule has 1 aliphatic heterocycles. The highest BCUT2D eigenvalue weighted by molar-refractivity contribution is 5.55. The van der Waals surface area contributed by atoms with Crippen molar-refractivity contribution in [3.05, 3.63) is 213 Å². The fraction of sp³-hybridized carbons (Fsp3) is 0.357. The first-order valence-corrected chi connectivity index (χ1v) is 22.7. The molecule has 0 aromatic rings. The summed E-state index contributed by atoms with van der Waals surface area (Å²) in [6, 6.07) is 0.308. The van der Waals surface area contributed by atoms with E-state index < -0.39 is 0 Å². The summed E-state index contributed by atoms with van der Waals surface area (Å²) in [6.45, 7) is 0. The number of hydrogen-bond donors (Lipinski definition) is 0. The summed E-state index contributed by atoms with van der Waals surface area (Å²) in [5.41, 5.74) is 18.3. The van der Waals surface area contributed by atoms with Gasteiger partial charge in [-0.05, 0) is 164 Å². The third-order valence-corrected chi connectivity index (χ3v) is 14.7. The second-order valence-electron chi connectivity index (χ2n) is 18.0. The summed E-state index contributed by atoms with van der Waals surface area (Å²) >= 11 is 0. The standard InChI is InChI=1S/C56H57NO/c1-3-12-39(13-4-1)48-18-9-10-19-50(48)42-26-31-46(32-27-42)57(47-33-34-51-44(36-47)23-22-41-16-7-8-17-49(41)51)45-29-24-38(25-30-45)43-28-35-55-54(37-43)53-21-11-20-52(56(53)58-55)40-14-5-2-6-15-40/h1-3,5-7,9-10,12,14,16,18,20,24,26-31,35-38,40,46,50,54-55H,4,8,11,13,15,17,19,21-23,25,32-34H2. The lowest BCUT2D eigenvalue weighted by Gasteiger charge is -2.40. The summed E-state index contributed by atoms with van der Waals surface area (Å²) < 4.78 is 6.75. The van der Waals surface area contributed by atoms with Crippen molar-refractivity contribution in [3.63, 3.8) is 0 Å². The molecule has 2 heteroatoms. The van der Waals surface area contributed by atoms with Crippen LogP contribution in [0.25, 0.3) is 0 Å². The molecule has 292 valence electrons. The quantitative estimate of drug-likeness (QED) is 0.256. The molecular formula is C56H57NO. The van der Waals surface area contributed by atoms with Gasteiger partial charge in [-0.3, -0.25) is 0 Å². The normalized spacial score (nSPS) is 32.0. The molecule has 0 amide bonds. The molecule has 0 radical (unpaired) electrons. The van der Waals surface area contributed by atoms with Crippen LogP contribution in [0.4, 0.5) is 0 Å². The monoisotopic (exact) mass is 759 g/mol. The van der Waals surface area contributed by atoms with Gasteiger partial charge in [0.1, 0.15) is 11.9 Å². The summed E-state index contributed by atoms with van der Waals surface area (Å²) in [5.74, 6) is 2.82. The molecule has 1 heterocycles. The molecule has 0 bridgehead atoms. The minimum absolute atomic E-state index is 0.129. The lowest BCUT2D eigenvalue weighted by Crippen LogP contribution is -2.35. The Hall–Kier alpha value is -5.08. The van der Waals surface area contributed by atoms with Gasteiger partial charge in [-0.1, -0.05) is 122 Å². The summed E-state index contributed by atoms with van der Waals surface area (Å²) in [6.07, 6.45) is 71.2. The zero-order chi connectivity index (χ0) is 38.4. The number of allylic oxidation sites excluding steroid dienone is 29. The maximum Gasteiger partial charge on any atom is 0.127 e. The number of nitrogens with zero attached hydrogens (tertiary/aromatic N) is 1. The van der Waals surface area contributed by atoms with Crippen molar-refractivity contribution in [3.8, 4) is 0 Å². The van der Waals surface area contributed by atoms with Gasteiger partial charge in [0, 0.05) is 35.1 Å². The maximum atomic E-state index is 6.75. The highest BCUT2D eigenvalue weighted by atomic mass is 16.5. The molecular weight excluding hydrogens is 703 g/mol. The van der Waals surface area contributed by atoms with E-state index in [9.17, 15) is 0 Å². The van der Waals surface area contributed by atoms with Crippen LogP contribution in [-0.4, -0.2) is 17.0 Å². The van der Waals surface area contributed by atoms with E-state index in [1.54, 1.807) is 22.3 Å². The van der Waals surface area contributed by atoms with E-state index in [2.05, 4.69) is 145 Å². The predicted molar refractivity (Wildman–Crippen MR) is 240 cm³/mol. The van der Waals surface area contributed by atoms with Gasteiger partial charge in [-0.2, -0.15) is 0 Å². The summed E-state index contributed by atoms with van der Waals surface area (Å²) in [7, 11) is 0. The zero-order valence-electron chi connectivity index (χ0n) is 34.0. The van der Waals surface area contributed by atoms with Crippen LogP contribution in [0.2, 0.25) is 0 Å². The Morgan fingerprint density at radius 3 is 2.33 bits per heavy atom. The van der Waals surface area contributed by atoms with E-state index in [1.165, 1.54) is 82.7 Å². The van der Waals surface area contributed by atoms with Crippen LogP contribution in [-0.2, 0) is 4.74 Å². The highest BCUT2D eigenvalue weighted by Gasteiger charge is 2.40. The van der Waals surface area contributed by atoms with Crippen molar-refractivity contribution in [1.82, 2.24) is 4.90 Å². The van der Waals surface area contributed by atoms with Crippen molar-refractivity contribution in [2.45, 2.75) is 102 Å². The Kier molecular flexibility index (Phi) is 9.69. The van der Waals surface area contributed by atoms with Gasteiger partial charge >= 0.3 is 0 Å². The number of ether oxygens (including phenoxy) is 1. The van der Waals surface area contributed by atoms with E-state index in [1.807, 2.05) is 0 Å². The molecule has 6 unspecified atom stereocenters. The molecule has 10 aliphatic carbocycles. The lowest BCUT2D eigenvalue weighted by molar-refractivity contribution is 0.167. The molecule has 58 heavy (non-hydrogen) atoms. The van der Waals surface area contributed by atoms with Gasteiger partial charge in [0.15, 0.2) is 0 Å². The van der Waals surface area contributed by atoms with E-state index >= 15 is 0 Å². The van der Waals surface area contributed by atoms with Crippen molar-refractivity contribution in [1.29, 1.82) is 0 Å². The van der Waals surface area contributed by atoms with Crippen LogP contribution in [0.1, 0.15) is 89.9 Å². The topological polar surface area (TPSA) is 12.5 Å². The molecule has 0 aromatic heterocycles. The fourth-order valence-electron chi connectivity index (χ4n) is 11.7. The van der Waals surface area contributed by atoms with Crippen LogP contribution in [0.15, 0.2) is 213 Å². The van der Waals surface area contributed by atoms with Gasteiger partial charge in [0.25, 0.3) is 0 Å². The largest absolute Gasteiger partial charge is 0.485 e. The minimum Gasteiger partial charge on any atom is -0.485 e. The second kappa shape index (κ2) is 15.6. The molecule has 2 nitrogen and oxygen atoms in total. The Morgan fingerprint density at radius 1 is 0.569 bits per heavy atom. The third-order valence-electron chi connectivity index (χ3n) is 14.7. The van der Waals surface area contributed by atoms with E-state index in [0.29, 0.717) is 29.7 Å². The lowest BCUT2D eigenvalue weighted by atomic mass is 9.76. The Morgan fingerprint density at radius 2 is 1.47 bits per heavy atom. The third kappa shape index (κ3) is 6.67. The molecule has 11 rings (SSSR count). The Labute approximate surface area is 346 Å². The Bertz CT molecular complexity index is 2350. The summed E-state index contributed by atoms with van der Waals surface area (Å²) in [5, 5.41) is 0.